The van der Waals surface area contributed by atoms with Crippen molar-refractivity contribution in [1.82, 2.24) is 0 Å². The number of rotatable bonds is 5. The van der Waals surface area contributed by atoms with Crippen molar-refractivity contribution in [2.75, 3.05) is 13.2 Å². The lowest BCUT2D eigenvalue weighted by Gasteiger charge is -2.39. The topological polar surface area (TPSA) is 186 Å². The van der Waals surface area contributed by atoms with Crippen LogP contribution < -0.4 is 0 Å². The molecule has 0 saturated carbocycles. The fourth-order valence-electron chi connectivity index (χ4n) is 2.20. The van der Waals surface area contributed by atoms with Gasteiger partial charge in [-0.05, 0) is 0 Å². The molecule has 7 atom stereocenters. The van der Waals surface area contributed by atoms with Gasteiger partial charge >= 0.3 is 5.97 Å². The molecular weight excluding hydrogens is 320 g/mol. The first-order valence-corrected chi connectivity index (χ1v) is 6.72. The standard InChI is InChI=1S/C12H18O11/c13-1-3(15)9-8(19)10(11(20)22-9)23-12-7(18)6(17)5(16)4(2-14)21-12/h3-7,9,12-19H,1-2H2/t3?,4-,5+,6?,7?,9-,12+/m1/s1. The van der Waals surface area contributed by atoms with E-state index in [4.69, 9.17) is 19.7 Å². The van der Waals surface area contributed by atoms with Gasteiger partial charge in [0.1, 0.15) is 30.5 Å². The summed E-state index contributed by atoms with van der Waals surface area (Å²) in [4.78, 5) is 11.6. The van der Waals surface area contributed by atoms with Gasteiger partial charge in [-0.3, -0.25) is 0 Å². The highest BCUT2D eigenvalue weighted by Crippen LogP contribution is 2.29. The summed E-state index contributed by atoms with van der Waals surface area (Å²) in [7, 11) is 0. The van der Waals surface area contributed by atoms with Gasteiger partial charge in [0.05, 0.1) is 13.2 Å². The molecule has 3 unspecified atom stereocenters. The molecule has 11 nitrogen and oxygen atoms in total. The molecule has 0 aromatic carbocycles. The molecule has 2 heterocycles. The first-order valence-electron chi connectivity index (χ1n) is 6.72. The Labute approximate surface area is 129 Å². The van der Waals surface area contributed by atoms with Crippen LogP contribution in [0.25, 0.3) is 0 Å². The van der Waals surface area contributed by atoms with Gasteiger partial charge in [0.2, 0.25) is 12.0 Å². The van der Waals surface area contributed by atoms with E-state index < -0.39 is 73.6 Å². The summed E-state index contributed by atoms with van der Waals surface area (Å²) >= 11 is 0. The minimum atomic E-state index is -1.79. The van der Waals surface area contributed by atoms with Crippen molar-refractivity contribution in [2.45, 2.75) is 42.9 Å². The van der Waals surface area contributed by atoms with Crippen LogP contribution in [0.4, 0.5) is 0 Å². The van der Waals surface area contributed by atoms with Crippen molar-refractivity contribution in [1.29, 1.82) is 0 Å². The zero-order valence-electron chi connectivity index (χ0n) is 11.7. The quantitative estimate of drug-likeness (QED) is 0.241. The van der Waals surface area contributed by atoms with Crippen LogP contribution in [0.3, 0.4) is 0 Å². The molecule has 0 bridgehead atoms. The van der Waals surface area contributed by atoms with Crippen molar-refractivity contribution in [3.05, 3.63) is 11.5 Å². The molecule has 7 N–H and O–H groups in total. The summed E-state index contributed by atoms with van der Waals surface area (Å²) < 4.78 is 14.6. The number of hydrogen-bond donors (Lipinski definition) is 7. The van der Waals surface area contributed by atoms with Crippen molar-refractivity contribution in [3.8, 4) is 0 Å². The summed E-state index contributed by atoms with van der Waals surface area (Å²) in [5, 5.41) is 66.1. The predicted octanol–water partition coefficient (Wildman–Crippen LogP) is -4.15. The minimum absolute atomic E-state index is 0.702. The Hall–Kier alpha value is -1.47. The highest BCUT2D eigenvalue weighted by Gasteiger charge is 2.48. The number of aliphatic hydroxyl groups is 7. The Bertz CT molecular complexity index is 476. The Balaban J connectivity index is 2.16. The molecule has 0 amide bonds. The van der Waals surface area contributed by atoms with E-state index in [1.54, 1.807) is 0 Å². The molecule has 132 valence electrons. The monoisotopic (exact) mass is 338 g/mol. The number of carbonyl (C=O) groups is 1. The van der Waals surface area contributed by atoms with Crippen molar-refractivity contribution in [2.24, 2.45) is 0 Å². The number of ether oxygens (including phenoxy) is 3. The van der Waals surface area contributed by atoms with E-state index in [-0.39, 0.29) is 0 Å². The number of carbonyl (C=O) groups excluding carboxylic acids is 1. The van der Waals surface area contributed by atoms with Crippen molar-refractivity contribution < 1.29 is 54.8 Å². The van der Waals surface area contributed by atoms with Crippen molar-refractivity contribution >= 4 is 5.97 Å². The second-order valence-corrected chi connectivity index (χ2v) is 5.11. The number of cyclic esters (lactones) is 1. The fraction of sp³-hybridized carbons (Fsp3) is 0.750. The van der Waals surface area contributed by atoms with Gasteiger partial charge in [-0.2, -0.15) is 0 Å². The van der Waals surface area contributed by atoms with Crippen LogP contribution in [-0.2, 0) is 19.0 Å². The molecule has 2 rings (SSSR count). The molecule has 2 aliphatic heterocycles. The number of esters is 1. The van der Waals surface area contributed by atoms with E-state index in [9.17, 15) is 30.3 Å². The van der Waals surface area contributed by atoms with E-state index in [1.165, 1.54) is 0 Å². The van der Waals surface area contributed by atoms with Crippen LogP contribution in [0.5, 0.6) is 0 Å². The molecule has 1 fully saturated rings. The molecule has 23 heavy (non-hydrogen) atoms. The Morgan fingerprint density at radius 3 is 2.35 bits per heavy atom. The molecule has 11 heteroatoms. The van der Waals surface area contributed by atoms with Crippen LogP contribution in [0, 0.1) is 0 Å². The van der Waals surface area contributed by atoms with Crippen LogP contribution in [-0.4, -0.2) is 97.8 Å². The molecule has 0 aromatic rings. The molecule has 2 aliphatic rings. The van der Waals surface area contributed by atoms with Crippen LogP contribution in [0.15, 0.2) is 11.5 Å². The third-order valence-corrected chi connectivity index (χ3v) is 3.54. The molecule has 0 aliphatic carbocycles. The molecule has 1 saturated heterocycles. The van der Waals surface area contributed by atoms with Gasteiger partial charge in [-0.25, -0.2) is 4.79 Å². The zero-order chi connectivity index (χ0) is 17.3. The predicted molar refractivity (Wildman–Crippen MR) is 67.5 cm³/mol. The maximum Gasteiger partial charge on any atom is 0.378 e. The molecule has 0 aromatic heterocycles. The first-order chi connectivity index (χ1) is 10.8. The highest BCUT2D eigenvalue weighted by molar-refractivity contribution is 5.89. The van der Waals surface area contributed by atoms with Gasteiger partial charge < -0.3 is 50.0 Å². The van der Waals surface area contributed by atoms with Gasteiger partial charge in [0.25, 0.3) is 0 Å². The third kappa shape index (κ3) is 3.26. The van der Waals surface area contributed by atoms with Crippen LogP contribution >= 0.6 is 0 Å². The Morgan fingerprint density at radius 2 is 1.78 bits per heavy atom. The molecular formula is C12H18O11. The average Bonchev–Trinajstić information content (AvgIpc) is 2.82. The molecule has 0 spiro atoms. The van der Waals surface area contributed by atoms with Crippen molar-refractivity contribution in [3.63, 3.8) is 0 Å². The summed E-state index contributed by atoms with van der Waals surface area (Å²) in [5.74, 6) is -2.79. The van der Waals surface area contributed by atoms with Gasteiger partial charge in [-0.15, -0.1) is 0 Å². The fourth-order valence-corrected chi connectivity index (χ4v) is 2.20. The lowest BCUT2D eigenvalue weighted by atomic mass is 9.99. The zero-order valence-corrected chi connectivity index (χ0v) is 11.7. The average molecular weight is 338 g/mol. The maximum absolute atomic E-state index is 11.6. The maximum atomic E-state index is 11.6. The second-order valence-electron chi connectivity index (χ2n) is 5.11. The largest absolute Gasteiger partial charge is 0.505 e. The van der Waals surface area contributed by atoms with E-state index in [0.29, 0.717) is 0 Å². The first kappa shape index (κ1) is 17.9. The van der Waals surface area contributed by atoms with Gasteiger partial charge in [-0.1, -0.05) is 0 Å². The van der Waals surface area contributed by atoms with Crippen LogP contribution in [0.1, 0.15) is 0 Å². The normalized spacial score (nSPS) is 39.3. The van der Waals surface area contributed by atoms with E-state index >= 15 is 0 Å². The molecule has 0 radical (unpaired) electrons. The number of hydrogen-bond acceptors (Lipinski definition) is 11. The minimum Gasteiger partial charge on any atom is -0.505 e. The Kier molecular flexibility index (Phi) is 5.41. The van der Waals surface area contributed by atoms with E-state index in [0.717, 1.165) is 0 Å². The van der Waals surface area contributed by atoms with Gasteiger partial charge in [0, 0.05) is 0 Å². The smallest absolute Gasteiger partial charge is 0.378 e. The van der Waals surface area contributed by atoms with E-state index in [1.807, 2.05) is 0 Å². The summed E-state index contributed by atoms with van der Waals surface area (Å²) in [6.45, 7) is -1.50. The number of aliphatic hydroxyl groups excluding tert-OH is 7. The van der Waals surface area contributed by atoms with Gasteiger partial charge in [0.15, 0.2) is 11.9 Å². The summed E-state index contributed by atoms with van der Waals surface area (Å²) in [5.41, 5.74) is 0. The lowest BCUT2D eigenvalue weighted by molar-refractivity contribution is -0.291. The van der Waals surface area contributed by atoms with Crippen LogP contribution in [0.2, 0.25) is 0 Å². The highest BCUT2D eigenvalue weighted by atomic mass is 16.7. The summed E-state index contributed by atoms with van der Waals surface area (Å²) in [6, 6.07) is 0. The lowest BCUT2D eigenvalue weighted by Crippen LogP contribution is -2.59. The second kappa shape index (κ2) is 6.97. The third-order valence-electron chi connectivity index (χ3n) is 3.54. The van der Waals surface area contributed by atoms with E-state index in [2.05, 4.69) is 4.74 Å². The SMILES string of the molecule is O=C1O[C@H](C(O)CO)C(O)=C1O[C@@H]1O[C@H](CO)[C@H](O)C(O)C1O. The Morgan fingerprint density at radius 1 is 1.13 bits per heavy atom. The summed E-state index contributed by atoms with van der Waals surface area (Å²) in [6.07, 6.45) is -11.2.